The maximum absolute atomic E-state index is 12.8. The van der Waals surface area contributed by atoms with Crippen LogP contribution in [-0.4, -0.2) is 9.97 Å². The maximum Gasteiger partial charge on any atom is 0.161 e. The first-order chi connectivity index (χ1) is 6.58. The second kappa shape index (κ2) is 3.02. The predicted molar refractivity (Wildman–Crippen MR) is 48.6 cm³/mol. The van der Waals surface area contributed by atoms with Crippen molar-refractivity contribution in [2.75, 3.05) is 0 Å². The van der Waals surface area contributed by atoms with Crippen LogP contribution in [0.1, 0.15) is 18.8 Å². The molecule has 1 aromatic carbocycles. The van der Waals surface area contributed by atoms with E-state index < -0.39 is 11.6 Å². The number of rotatable bonds is 1. The summed E-state index contributed by atoms with van der Waals surface area (Å²) >= 11 is 0. The lowest BCUT2D eigenvalue weighted by atomic mass is 10.3. The number of nitrogens with zero attached hydrogens (tertiary/aromatic N) is 1. The molecule has 0 aliphatic rings. The molecule has 0 spiro atoms. The van der Waals surface area contributed by atoms with Gasteiger partial charge in [-0.2, -0.15) is 0 Å². The standard InChI is InChI=1S/C9H9F2N3/c1-4(12)9-13-7-2-5(10)6(11)3-8(7)14-9/h2-4H,12H2,1H3,(H,13,14)/t4-/m1/s1. The minimum absolute atomic E-state index is 0.284. The summed E-state index contributed by atoms with van der Waals surface area (Å²) in [6.45, 7) is 1.74. The molecule has 1 heterocycles. The van der Waals surface area contributed by atoms with E-state index in [1.807, 2.05) is 0 Å². The van der Waals surface area contributed by atoms with E-state index in [0.29, 0.717) is 16.9 Å². The van der Waals surface area contributed by atoms with Crippen molar-refractivity contribution in [3.05, 3.63) is 29.6 Å². The fraction of sp³-hybridized carbons (Fsp3) is 0.222. The highest BCUT2D eigenvalue weighted by Crippen LogP contribution is 2.18. The van der Waals surface area contributed by atoms with Crippen molar-refractivity contribution in [1.82, 2.24) is 9.97 Å². The molecule has 3 nitrogen and oxygen atoms in total. The first-order valence-electron chi connectivity index (χ1n) is 4.18. The van der Waals surface area contributed by atoms with Gasteiger partial charge in [-0.3, -0.25) is 0 Å². The summed E-state index contributed by atoms with van der Waals surface area (Å²) in [6, 6.07) is 1.84. The van der Waals surface area contributed by atoms with Crippen molar-refractivity contribution in [3.8, 4) is 0 Å². The molecule has 1 aromatic heterocycles. The number of aromatic nitrogens is 2. The molecule has 0 radical (unpaired) electrons. The van der Waals surface area contributed by atoms with Crippen molar-refractivity contribution < 1.29 is 8.78 Å². The van der Waals surface area contributed by atoms with Crippen LogP contribution in [0.5, 0.6) is 0 Å². The molecule has 0 bridgehead atoms. The summed E-state index contributed by atoms with van der Waals surface area (Å²) in [7, 11) is 0. The number of nitrogens with two attached hydrogens (primary N) is 1. The summed E-state index contributed by atoms with van der Waals surface area (Å²) in [5.41, 5.74) is 6.41. The van der Waals surface area contributed by atoms with Crippen molar-refractivity contribution in [3.63, 3.8) is 0 Å². The van der Waals surface area contributed by atoms with Crippen LogP contribution >= 0.6 is 0 Å². The van der Waals surface area contributed by atoms with Gasteiger partial charge in [0.25, 0.3) is 0 Å². The van der Waals surface area contributed by atoms with Crippen LogP contribution in [0.25, 0.3) is 11.0 Å². The third kappa shape index (κ3) is 1.35. The van der Waals surface area contributed by atoms with Crippen LogP contribution in [0.4, 0.5) is 8.78 Å². The Labute approximate surface area is 78.9 Å². The molecule has 14 heavy (non-hydrogen) atoms. The van der Waals surface area contributed by atoms with Crippen molar-refractivity contribution in [2.45, 2.75) is 13.0 Å². The summed E-state index contributed by atoms with van der Waals surface area (Å²) in [5, 5.41) is 0. The number of imidazole rings is 1. The zero-order valence-electron chi connectivity index (χ0n) is 7.51. The number of hydrogen-bond donors (Lipinski definition) is 2. The topological polar surface area (TPSA) is 54.7 Å². The number of benzene rings is 1. The van der Waals surface area contributed by atoms with Gasteiger partial charge in [-0.05, 0) is 6.92 Å². The fourth-order valence-electron chi connectivity index (χ4n) is 1.24. The fourth-order valence-corrected chi connectivity index (χ4v) is 1.24. The monoisotopic (exact) mass is 197 g/mol. The predicted octanol–water partition coefficient (Wildman–Crippen LogP) is 1.86. The molecule has 2 rings (SSSR count). The average Bonchev–Trinajstić information content (AvgIpc) is 2.48. The Hall–Kier alpha value is -1.49. The lowest BCUT2D eigenvalue weighted by Crippen LogP contribution is -2.06. The second-order valence-electron chi connectivity index (χ2n) is 3.19. The minimum atomic E-state index is -0.903. The molecule has 0 saturated heterocycles. The first kappa shape index (κ1) is 9.08. The molecule has 0 aliphatic heterocycles. The van der Waals surface area contributed by atoms with E-state index in [1.54, 1.807) is 6.92 Å². The molecule has 0 amide bonds. The number of aromatic amines is 1. The maximum atomic E-state index is 12.8. The minimum Gasteiger partial charge on any atom is -0.341 e. The molecule has 0 fully saturated rings. The van der Waals surface area contributed by atoms with Gasteiger partial charge in [-0.1, -0.05) is 0 Å². The highest BCUT2D eigenvalue weighted by molar-refractivity contribution is 5.75. The van der Waals surface area contributed by atoms with Gasteiger partial charge < -0.3 is 10.7 Å². The third-order valence-corrected chi connectivity index (χ3v) is 1.97. The van der Waals surface area contributed by atoms with Gasteiger partial charge in [0.2, 0.25) is 0 Å². The highest BCUT2D eigenvalue weighted by Gasteiger charge is 2.10. The lowest BCUT2D eigenvalue weighted by molar-refractivity contribution is 0.510. The lowest BCUT2D eigenvalue weighted by Gasteiger charge is -1.96. The van der Waals surface area contributed by atoms with Crippen LogP contribution in [0, 0.1) is 11.6 Å². The number of hydrogen-bond acceptors (Lipinski definition) is 2. The van der Waals surface area contributed by atoms with Gasteiger partial charge in [0.15, 0.2) is 11.6 Å². The molecular formula is C9H9F2N3. The Morgan fingerprint density at radius 1 is 1.36 bits per heavy atom. The first-order valence-corrected chi connectivity index (χ1v) is 4.18. The van der Waals surface area contributed by atoms with E-state index in [9.17, 15) is 8.78 Å². The van der Waals surface area contributed by atoms with E-state index in [2.05, 4.69) is 9.97 Å². The highest BCUT2D eigenvalue weighted by atomic mass is 19.2. The van der Waals surface area contributed by atoms with Gasteiger partial charge in [0.1, 0.15) is 5.82 Å². The molecular weight excluding hydrogens is 188 g/mol. The van der Waals surface area contributed by atoms with Crippen molar-refractivity contribution >= 4 is 11.0 Å². The van der Waals surface area contributed by atoms with Crippen LogP contribution < -0.4 is 5.73 Å². The molecule has 5 heteroatoms. The van der Waals surface area contributed by atoms with Gasteiger partial charge in [-0.15, -0.1) is 0 Å². The van der Waals surface area contributed by atoms with E-state index in [-0.39, 0.29) is 6.04 Å². The van der Waals surface area contributed by atoms with E-state index in [4.69, 9.17) is 5.73 Å². The second-order valence-corrected chi connectivity index (χ2v) is 3.19. The van der Waals surface area contributed by atoms with Gasteiger partial charge in [0.05, 0.1) is 17.1 Å². The summed E-state index contributed by atoms with van der Waals surface area (Å²) in [4.78, 5) is 6.85. The Morgan fingerprint density at radius 3 is 2.64 bits per heavy atom. The molecule has 2 aromatic rings. The van der Waals surface area contributed by atoms with Crippen molar-refractivity contribution in [1.29, 1.82) is 0 Å². The zero-order valence-corrected chi connectivity index (χ0v) is 7.51. The molecule has 1 atom stereocenters. The Kier molecular flexibility index (Phi) is 1.96. The SMILES string of the molecule is C[C@@H](N)c1nc2cc(F)c(F)cc2[nH]1. The smallest absolute Gasteiger partial charge is 0.161 e. The number of nitrogens with one attached hydrogen (secondary N) is 1. The van der Waals surface area contributed by atoms with Crippen LogP contribution in [0.2, 0.25) is 0 Å². The molecule has 0 unspecified atom stereocenters. The molecule has 74 valence electrons. The number of halogens is 2. The number of fused-ring (bicyclic) bond motifs is 1. The summed E-state index contributed by atoms with van der Waals surface area (Å²) in [6.07, 6.45) is 0. The van der Waals surface area contributed by atoms with E-state index >= 15 is 0 Å². The Bertz CT molecular complexity index is 437. The van der Waals surface area contributed by atoms with Gasteiger partial charge >= 0.3 is 0 Å². The normalized spacial score (nSPS) is 13.4. The Balaban J connectivity index is 2.66. The average molecular weight is 197 g/mol. The quantitative estimate of drug-likeness (QED) is 0.733. The van der Waals surface area contributed by atoms with Crippen LogP contribution in [-0.2, 0) is 0 Å². The molecule has 0 aliphatic carbocycles. The van der Waals surface area contributed by atoms with Gasteiger partial charge in [0, 0.05) is 12.1 Å². The zero-order chi connectivity index (χ0) is 10.3. The summed E-state index contributed by atoms with van der Waals surface area (Å²) < 4.78 is 25.6. The molecule has 0 saturated carbocycles. The van der Waals surface area contributed by atoms with Gasteiger partial charge in [-0.25, -0.2) is 13.8 Å². The van der Waals surface area contributed by atoms with Crippen LogP contribution in [0.3, 0.4) is 0 Å². The number of H-pyrrole nitrogens is 1. The van der Waals surface area contributed by atoms with Crippen LogP contribution in [0.15, 0.2) is 12.1 Å². The van der Waals surface area contributed by atoms with Crippen molar-refractivity contribution in [2.24, 2.45) is 5.73 Å². The van der Waals surface area contributed by atoms with E-state index in [1.165, 1.54) is 0 Å². The molecule has 3 N–H and O–H groups in total. The van der Waals surface area contributed by atoms with E-state index in [0.717, 1.165) is 12.1 Å². The summed E-state index contributed by atoms with van der Waals surface area (Å²) in [5.74, 6) is -1.28. The third-order valence-electron chi connectivity index (χ3n) is 1.97. The largest absolute Gasteiger partial charge is 0.341 e. The Morgan fingerprint density at radius 2 is 2.00 bits per heavy atom.